The first-order valence-electron chi connectivity index (χ1n) is 4.66. The Labute approximate surface area is 92.9 Å². The van der Waals surface area contributed by atoms with Crippen molar-refractivity contribution in [3.05, 3.63) is 54.0 Å². The van der Waals surface area contributed by atoms with Gasteiger partial charge >= 0.3 is 0 Å². The Bertz CT molecular complexity index is 423. The highest BCUT2D eigenvalue weighted by Crippen LogP contribution is 2.29. The Morgan fingerprint density at radius 1 is 1.27 bits per heavy atom. The Morgan fingerprint density at radius 2 is 2.07 bits per heavy atom. The van der Waals surface area contributed by atoms with E-state index in [4.69, 9.17) is 4.42 Å². The van der Waals surface area contributed by atoms with Crippen LogP contribution in [0.25, 0.3) is 0 Å². The predicted molar refractivity (Wildman–Crippen MR) is 61.0 cm³/mol. The highest BCUT2D eigenvalue weighted by molar-refractivity contribution is 7.98. The van der Waals surface area contributed by atoms with E-state index in [0.29, 0.717) is 0 Å². The highest BCUT2D eigenvalue weighted by atomic mass is 32.2. The lowest BCUT2D eigenvalue weighted by Gasteiger charge is -2.12. The summed E-state index contributed by atoms with van der Waals surface area (Å²) in [7, 11) is 0. The van der Waals surface area contributed by atoms with Crippen LogP contribution in [0.4, 0.5) is 0 Å². The SMILES string of the molecule is CSc1ccccc1C(O)c1ccoc1. The van der Waals surface area contributed by atoms with E-state index >= 15 is 0 Å². The molecule has 1 aromatic heterocycles. The van der Waals surface area contributed by atoms with Crippen molar-refractivity contribution >= 4 is 11.8 Å². The van der Waals surface area contributed by atoms with Crippen molar-refractivity contribution in [1.82, 2.24) is 0 Å². The van der Waals surface area contributed by atoms with Gasteiger partial charge in [0, 0.05) is 10.5 Å². The maximum absolute atomic E-state index is 10.1. The number of hydrogen-bond acceptors (Lipinski definition) is 3. The molecule has 1 aromatic carbocycles. The number of aliphatic hydroxyl groups excluding tert-OH is 1. The quantitative estimate of drug-likeness (QED) is 0.807. The number of aliphatic hydroxyl groups is 1. The van der Waals surface area contributed by atoms with Crippen molar-refractivity contribution < 1.29 is 9.52 Å². The molecule has 0 aliphatic heterocycles. The largest absolute Gasteiger partial charge is 0.472 e. The van der Waals surface area contributed by atoms with Crippen LogP contribution in [0, 0.1) is 0 Å². The van der Waals surface area contributed by atoms with Crippen LogP contribution >= 0.6 is 11.8 Å². The maximum atomic E-state index is 10.1. The smallest absolute Gasteiger partial charge is 0.108 e. The molecule has 15 heavy (non-hydrogen) atoms. The third-order valence-electron chi connectivity index (χ3n) is 2.29. The summed E-state index contributed by atoms with van der Waals surface area (Å²) in [6.07, 6.45) is 4.54. The molecule has 0 saturated heterocycles. The van der Waals surface area contributed by atoms with Crippen LogP contribution in [0.2, 0.25) is 0 Å². The van der Waals surface area contributed by atoms with Crippen LogP contribution in [-0.2, 0) is 0 Å². The molecule has 0 radical (unpaired) electrons. The minimum atomic E-state index is -0.604. The first-order valence-corrected chi connectivity index (χ1v) is 5.88. The van der Waals surface area contributed by atoms with Crippen molar-refractivity contribution in [3.8, 4) is 0 Å². The van der Waals surface area contributed by atoms with E-state index in [1.54, 1.807) is 30.4 Å². The summed E-state index contributed by atoms with van der Waals surface area (Å²) in [6.45, 7) is 0. The highest BCUT2D eigenvalue weighted by Gasteiger charge is 2.14. The normalized spacial score (nSPS) is 12.7. The second kappa shape index (κ2) is 4.55. The Balaban J connectivity index is 2.37. The molecule has 2 nitrogen and oxygen atoms in total. The zero-order valence-electron chi connectivity index (χ0n) is 8.38. The molecule has 1 N–H and O–H groups in total. The van der Waals surface area contributed by atoms with Crippen molar-refractivity contribution in [3.63, 3.8) is 0 Å². The minimum absolute atomic E-state index is 0.604. The number of benzene rings is 1. The van der Waals surface area contributed by atoms with Crippen molar-refractivity contribution in [1.29, 1.82) is 0 Å². The van der Waals surface area contributed by atoms with E-state index in [-0.39, 0.29) is 0 Å². The predicted octanol–water partition coefficient (Wildman–Crippen LogP) is 3.08. The monoisotopic (exact) mass is 220 g/mol. The lowest BCUT2D eigenvalue weighted by atomic mass is 10.0. The average molecular weight is 220 g/mol. The standard InChI is InChI=1S/C12H12O2S/c1-15-11-5-3-2-4-10(11)12(13)9-6-7-14-8-9/h2-8,12-13H,1H3. The number of hydrogen-bond donors (Lipinski definition) is 1. The zero-order valence-corrected chi connectivity index (χ0v) is 9.20. The molecule has 2 aromatic rings. The fraction of sp³-hybridized carbons (Fsp3) is 0.167. The van der Waals surface area contributed by atoms with Gasteiger partial charge < -0.3 is 9.52 Å². The van der Waals surface area contributed by atoms with Gasteiger partial charge in [-0.15, -0.1) is 11.8 Å². The first kappa shape index (κ1) is 10.3. The topological polar surface area (TPSA) is 33.4 Å². The molecular weight excluding hydrogens is 208 g/mol. The molecule has 78 valence electrons. The number of rotatable bonds is 3. The molecule has 1 heterocycles. The van der Waals surface area contributed by atoms with E-state index in [1.807, 2.05) is 30.5 Å². The first-order chi connectivity index (χ1) is 7.33. The fourth-order valence-corrected chi connectivity index (χ4v) is 2.13. The molecule has 0 spiro atoms. The zero-order chi connectivity index (χ0) is 10.7. The second-order valence-corrected chi connectivity index (χ2v) is 4.05. The third kappa shape index (κ3) is 2.08. The van der Waals surface area contributed by atoms with E-state index < -0.39 is 6.10 Å². The van der Waals surface area contributed by atoms with Gasteiger partial charge in [-0.1, -0.05) is 18.2 Å². The number of thioether (sulfide) groups is 1. The van der Waals surface area contributed by atoms with Gasteiger partial charge in [-0.25, -0.2) is 0 Å². The van der Waals surface area contributed by atoms with Crippen LogP contribution < -0.4 is 0 Å². The van der Waals surface area contributed by atoms with Crippen molar-refractivity contribution in [2.75, 3.05) is 6.26 Å². The summed E-state index contributed by atoms with van der Waals surface area (Å²) >= 11 is 1.63. The van der Waals surface area contributed by atoms with Crippen LogP contribution in [0.3, 0.4) is 0 Å². The molecule has 0 aliphatic carbocycles. The van der Waals surface area contributed by atoms with Gasteiger partial charge in [0.25, 0.3) is 0 Å². The summed E-state index contributed by atoms with van der Waals surface area (Å²) in [5.41, 5.74) is 1.71. The Kier molecular flexibility index (Phi) is 3.14. The molecule has 1 atom stereocenters. The van der Waals surface area contributed by atoms with Crippen LogP contribution in [-0.4, -0.2) is 11.4 Å². The van der Waals surface area contributed by atoms with Gasteiger partial charge in [-0.3, -0.25) is 0 Å². The molecule has 0 aliphatic rings. The van der Waals surface area contributed by atoms with Gasteiger partial charge in [0.1, 0.15) is 6.10 Å². The molecule has 0 amide bonds. The van der Waals surface area contributed by atoms with Crippen LogP contribution in [0.5, 0.6) is 0 Å². The minimum Gasteiger partial charge on any atom is -0.472 e. The molecule has 2 rings (SSSR count). The summed E-state index contributed by atoms with van der Waals surface area (Å²) in [5.74, 6) is 0. The number of furan rings is 1. The molecular formula is C12H12O2S. The van der Waals surface area contributed by atoms with E-state index in [1.165, 1.54) is 0 Å². The van der Waals surface area contributed by atoms with Gasteiger partial charge in [0.05, 0.1) is 12.5 Å². The van der Waals surface area contributed by atoms with Gasteiger partial charge in [-0.2, -0.15) is 0 Å². The molecule has 0 bridgehead atoms. The lowest BCUT2D eigenvalue weighted by Crippen LogP contribution is -1.99. The summed E-state index contributed by atoms with van der Waals surface area (Å²) in [4.78, 5) is 1.09. The van der Waals surface area contributed by atoms with E-state index in [9.17, 15) is 5.11 Å². The Morgan fingerprint density at radius 3 is 2.73 bits per heavy atom. The molecule has 0 saturated carbocycles. The van der Waals surface area contributed by atoms with Gasteiger partial charge in [0.15, 0.2) is 0 Å². The van der Waals surface area contributed by atoms with E-state index in [2.05, 4.69) is 0 Å². The van der Waals surface area contributed by atoms with Crippen LogP contribution in [0.15, 0.2) is 52.2 Å². The van der Waals surface area contributed by atoms with Crippen molar-refractivity contribution in [2.24, 2.45) is 0 Å². The second-order valence-electron chi connectivity index (χ2n) is 3.20. The average Bonchev–Trinajstić information content (AvgIpc) is 2.81. The summed E-state index contributed by atoms with van der Waals surface area (Å²) < 4.78 is 4.96. The van der Waals surface area contributed by atoms with E-state index in [0.717, 1.165) is 16.0 Å². The Hall–Kier alpha value is -1.19. The van der Waals surface area contributed by atoms with Gasteiger partial charge in [0.2, 0.25) is 0 Å². The summed E-state index contributed by atoms with van der Waals surface area (Å²) in [5, 5.41) is 10.1. The molecule has 0 fully saturated rings. The van der Waals surface area contributed by atoms with Crippen molar-refractivity contribution in [2.45, 2.75) is 11.0 Å². The summed E-state index contributed by atoms with van der Waals surface area (Å²) in [6, 6.07) is 9.62. The van der Waals surface area contributed by atoms with Gasteiger partial charge in [-0.05, 0) is 24.0 Å². The maximum Gasteiger partial charge on any atom is 0.108 e. The molecule has 1 unspecified atom stereocenters. The molecule has 3 heteroatoms. The van der Waals surface area contributed by atoms with Crippen LogP contribution in [0.1, 0.15) is 17.2 Å². The lowest BCUT2D eigenvalue weighted by molar-refractivity contribution is 0.216. The fourth-order valence-electron chi connectivity index (χ4n) is 1.50. The third-order valence-corrected chi connectivity index (χ3v) is 3.10.